The van der Waals surface area contributed by atoms with Crippen molar-refractivity contribution in [3.05, 3.63) is 53.0 Å². The van der Waals surface area contributed by atoms with E-state index in [1.165, 1.54) is 50.8 Å². The van der Waals surface area contributed by atoms with Crippen molar-refractivity contribution in [3.8, 4) is 11.3 Å². The summed E-state index contributed by atoms with van der Waals surface area (Å²) in [6.45, 7) is 13.0. The Morgan fingerprint density at radius 1 is 1.16 bits per heavy atom. The lowest BCUT2D eigenvalue weighted by Crippen LogP contribution is -2.50. The second-order valence-corrected chi connectivity index (χ2v) is 9.90. The summed E-state index contributed by atoms with van der Waals surface area (Å²) >= 11 is 0. The molecule has 32 heavy (non-hydrogen) atoms. The first-order chi connectivity index (χ1) is 15.5. The average Bonchev–Trinajstić information content (AvgIpc) is 3.48. The lowest BCUT2D eigenvalue weighted by Gasteiger charge is -2.43. The topological polar surface area (TPSA) is 58.5 Å². The molecule has 1 N–H and O–H groups in total. The van der Waals surface area contributed by atoms with Gasteiger partial charge in [-0.15, -0.1) is 10.2 Å². The first kappa shape index (κ1) is 19.9. The number of pyridine rings is 1. The number of hydrogen-bond donors (Lipinski definition) is 1. The molecular formula is C26H31N5O. The first-order valence-corrected chi connectivity index (χ1v) is 11.8. The van der Waals surface area contributed by atoms with Crippen molar-refractivity contribution in [2.24, 2.45) is 0 Å². The maximum atomic E-state index is 5.58. The maximum Gasteiger partial charge on any atom is 0.163 e. The SMILES string of the molecule is Cc1c(-c2[nH]c3ccc(C4CN(C5CCOC5)C4)cc3c2C(C)C)cn2cnnc2c1C. The van der Waals surface area contributed by atoms with Gasteiger partial charge < -0.3 is 9.72 Å². The second kappa shape index (κ2) is 7.42. The lowest BCUT2D eigenvalue weighted by atomic mass is 9.87. The Morgan fingerprint density at radius 2 is 2.00 bits per heavy atom. The molecule has 6 nitrogen and oxygen atoms in total. The quantitative estimate of drug-likeness (QED) is 0.506. The number of rotatable bonds is 4. The minimum absolute atomic E-state index is 0.416. The number of nitrogens with zero attached hydrogens (tertiary/aromatic N) is 4. The van der Waals surface area contributed by atoms with E-state index in [-0.39, 0.29) is 0 Å². The van der Waals surface area contributed by atoms with Crippen molar-refractivity contribution in [3.63, 3.8) is 0 Å². The molecule has 5 heterocycles. The predicted octanol–water partition coefficient (Wildman–Crippen LogP) is 4.81. The van der Waals surface area contributed by atoms with E-state index in [2.05, 4.69) is 72.2 Å². The number of aromatic nitrogens is 4. The van der Waals surface area contributed by atoms with Crippen LogP contribution < -0.4 is 0 Å². The number of H-pyrrole nitrogens is 1. The van der Waals surface area contributed by atoms with Crippen LogP contribution in [0.5, 0.6) is 0 Å². The third-order valence-corrected chi connectivity index (χ3v) is 7.66. The summed E-state index contributed by atoms with van der Waals surface area (Å²) in [5.74, 6) is 1.04. The molecule has 0 bridgehead atoms. The monoisotopic (exact) mass is 429 g/mol. The highest BCUT2D eigenvalue weighted by Crippen LogP contribution is 2.40. The molecule has 2 fully saturated rings. The number of hydrogen-bond acceptors (Lipinski definition) is 4. The molecule has 6 rings (SSSR count). The molecule has 1 unspecified atom stereocenters. The highest BCUT2D eigenvalue weighted by atomic mass is 16.5. The van der Waals surface area contributed by atoms with E-state index in [0.29, 0.717) is 17.9 Å². The van der Waals surface area contributed by atoms with Gasteiger partial charge in [-0.3, -0.25) is 9.30 Å². The summed E-state index contributed by atoms with van der Waals surface area (Å²) in [7, 11) is 0. The maximum absolute atomic E-state index is 5.58. The van der Waals surface area contributed by atoms with Crippen molar-refractivity contribution < 1.29 is 4.74 Å². The number of nitrogens with one attached hydrogen (secondary N) is 1. The molecule has 0 amide bonds. The van der Waals surface area contributed by atoms with E-state index in [1.807, 2.05) is 4.40 Å². The molecule has 0 radical (unpaired) electrons. The lowest BCUT2D eigenvalue weighted by molar-refractivity contribution is 0.0776. The zero-order valence-corrected chi connectivity index (χ0v) is 19.4. The number of aryl methyl sites for hydroxylation is 1. The molecule has 4 aromatic rings. The van der Waals surface area contributed by atoms with E-state index in [1.54, 1.807) is 6.33 Å². The number of aromatic amines is 1. The molecule has 6 heteroatoms. The standard InChI is InChI=1S/C26H31N5O/c1-15(2)24-21-9-18(19-10-30(11-19)20-7-8-32-13-20)5-6-23(21)28-25(24)22-12-31-14-27-29-26(31)17(4)16(22)3/h5-6,9,12,14-15,19-20,28H,7-8,10-11,13H2,1-4H3. The number of ether oxygens (including phenoxy) is 1. The summed E-state index contributed by atoms with van der Waals surface area (Å²) in [5.41, 5.74) is 9.90. The first-order valence-electron chi connectivity index (χ1n) is 11.8. The second-order valence-electron chi connectivity index (χ2n) is 9.90. The molecule has 3 aromatic heterocycles. The Hall–Kier alpha value is -2.70. The van der Waals surface area contributed by atoms with Crippen LogP contribution in [0, 0.1) is 13.8 Å². The molecule has 0 saturated carbocycles. The minimum atomic E-state index is 0.416. The molecule has 166 valence electrons. The zero-order chi connectivity index (χ0) is 22.0. The molecule has 0 spiro atoms. The Bertz CT molecular complexity index is 1300. The van der Waals surface area contributed by atoms with Crippen LogP contribution in [-0.2, 0) is 4.74 Å². The van der Waals surface area contributed by atoms with E-state index >= 15 is 0 Å². The minimum Gasteiger partial charge on any atom is -0.380 e. The summed E-state index contributed by atoms with van der Waals surface area (Å²) < 4.78 is 7.62. The highest BCUT2D eigenvalue weighted by molar-refractivity contribution is 5.92. The van der Waals surface area contributed by atoms with Crippen LogP contribution in [0.15, 0.2) is 30.7 Å². The van der Waals surface area contributed by atoms with Gasteiger partial charge in [0.05, 0.1) is 12.3 Å². The van der Waals surface area contributed by atoms with Crippen LogP contribution in [0.25, 0.3) is 27.8 Å². The zero-order valence-electron chi connectivity index (χ0n) is 19.4. The van der Waals surface area contributed by atoms with Gasteiger partial charge in [0.1, 0.15) is 6.33 Å². The van der Waals surface area contributed by atoms with Gasteiger partial charge in [0.15, 0.2) is 5.65 Å². The van der Waals surface area contributed by atoms with Gasteiger partial charge in [0.25, 0.3) is 0 Å². The van der Waals surface area contributed by atoms with Crippen molar-refractivity contribution in [1.82, 2.24) is 24.5 Å². The van der Waals surface area contributed by atoms with Crippen molar-refractivity contribution in [1.29, 1.82) is 0 Å². The average molecular weight is 430 g/mol. The number of likely N-dealkylation sites (tertiary alicyclic amines) is 1. The molecule has 2 aliphatic heterocycles. The number of fused-ring (bicyclic) bond motifs is 2. The molecule has 2 saturated heterocycles. The fourth-order valence-electron chi connectivity index (χ4n) is 5.59. The molecule has 1 atom stereocenters. The fraction of sp³-hybridized carbons (Fsp3) is 0.462. The van der Waals surface area contributed by atoms with Crippen molar-refractivity contribution in [2.75, 3.05) is 26.3 Å². The Labute approximate surface area is 188 Å². The van der Waals surface area contributed by atoms with Crippen molar-refractivity contribution >= 4 is 16.6 Å². The van der Waals surface area contributed by atoms with Crippen LogP contribution in [0.4, 0.5) is 0 Å². The van der Waals surface area contributed by atoms with Gasteiger partial charge in [-0.25, -0.2) is 0 Å². The fourth-order valence-corrected chi connectivity index (χ4v) is 5.59. The third kappa shape index (κ3) is 3.00. The highest BCUT2D eigenvalue weighted by Gasteiger charge is 2.35. The largest absolute Gasteiger partial charge is 0.380 e. The van der Waals surface area contributed by atoms with Crippen LogP contribution in [-0.4, -0.2) is 56.8 Å². The third-order valence-electron chi connectivity index (χ3n) is 7.66. The van der Waals surface area contributed by atoms with E-state index in [4.69, 9.17) is 4.74 Å². The van der Waals surface area contributed by atoms with Gasteiger partial charge >= 0.3 is 0 Å². The summed E-state index contributed by atoms with van der Waals surface area (Å²) in [6, 6.07) is 7.66. The van der Waals surface area contributed by atoms with Crippen LogP contribution in [0.3, 0.4) is 0 Å². The summed E-state index contributed by atoms with van der Waals surface area (Å²) in [5, 5.41) is 9.75. The molecular weight excluding hydrogens is 398 g/mol. The van der Waals surface area contributed by atoms with Gasteiger partial charge in [0.2, 0.25) is 0 Å². The van der Waals surface area contributed by atoms with Crippen molar-refractivity contribution in [2.45, 2.75) is 52.0 Å². The van der Waals surface area contributed by atoms with E-state index in [9.17, 15) is 0 Å². The molecule has 1 aromatic carbocycles. The van der Waals surface area contributed by atoms with Crippen LogP contribution in [0.2, 0.25) is 0 Å². The van der Waals surface area contributed by atoms with Gasteiger partial charge in [-0.1, -0.05) is 19.9 Å². The Balaban J connectivity index is 1.41. The summed E-state index contributed by atoms with van der Waals surface area (Å²) in [4.78, 5) is 6.35. The summed E-state index contributed by atoms with van der Waals surface area (Å²) in [6.07, 6.45) is 5.14. The number of benzene rings is 1. The smallest absolute Gasteiger partial charge is 0.163 e. The molecule has 2 aliphatic rings. The molecule has 0 aliphatic carbocycles. The Kier molecular flexibility index (Phi) is 4.63. The van der Waals surface area contributed by atoms with E-state index < -0.39 is 0 Å². The normalized spacial score (nSPS) is 20.1. The van der Waals surface area contributed by atoms with Crippen LogP contribution >= 0.6 is 0 Å². The van der Waals surface area contributed by atoms with E-state index in [0.717, 1.165) is 32.0 Å². The van der Waals surface area contributed by atoms with Gasteiger partial charge in [0, 0.05) is 54.3 Å². The Morgan fingerprint density at radius 3 is 2.75 bits per heavy atom. The predicted molar refractivity (Wildman–Crippen MR) is 127 cm³/mol. The van der Waals surface area contributed by atoms with Gasteiger partial charge in [-0.05, 0) is 60.6 Å². The van der Waals surface area contributed by atoms with Crippen LogP contribution in [0.1, 0.15) is 54.4 Å². The van der Waals surface area contributed by atoms with Gasteiger partial charge in [-0.2, -0.15) is 0 Å².